The van der Waals surface area contributed by atoms with Crippen molar-refractivity contribution in [3.05, 3.63) is 29.3 Å². The topological polar surface area (TPSA) is 40.6 Å². The number of fused-ring (bicyclic) bond motifs is 1. The van der Waals surface area contributed by atoms with E-state index in [0.29, 0.717) is 24.5 Å². The van der Waals surface area contributed by atoms with Gasteiger partial charge in [-0.05, 0) is 37.1 Å². The van der Waals surface area contributed by atoms with E-state index in [2.05, 4.69) is 0 Å². The van der Waals surface area contributed by atoms with Crippen LogP contribution in [0, 0.1) is 0 Å². The van der Waals surface area contributed by atoms with Crippen LogP contribution in [-0.4, -0.2) is 35.8 Å². The third-order valence-corrected chi connectivity index (χ3v) is 4.06. The van der Waals surface area contributed by atoms with E-state index in [1.807, 2.05) is 12.1 Å². The maximum Gasteiger partial charge on any atom is 0.249 e. The molecule has 5 heteroatoms. The van der Waals surface area contributed by atoms with Crippen LogP contribution in [0.3, 0.4) is 0 Å². The van der Waals surface area contributed by atoms with Gasteiger partial charge in [-0.1, -0.05) is 11.6 Å². The minimum absolute atomic E-state index is 0.0330. The zero-order valence-electron chi connectivity index (χ0n) is 10.5. The highest BCUT2D eigenvalue weighted by molar-refractivity contribution is 6.30. The lowest BCUT2D eigenvalue weighted by Crippen LogP contribution is -2.43. The van der Waals surface area contributed by atoms with Gasteiger partial charge in [0, 0.05) is 30.2 Å². The number of halogens is 1. The largest absolute Gasteiger partial charge is 0.331 e. The summed E-state index contributed by atoms with van der Waals surface area (Å²) in [5.74, 6) is 0.123. The van der Waals surface area contributed by atoms with Crippen LogP contribution in [0.4, 0.5) is 5.69 Å². The third-order valence-electron chi connectivity index (χ3n) is 3.81. The van der Waals surface area contributed by atoms with Crippen molar-refractivity contribution in [3.8, 4) is 0 Å². The number of rotatable bonds is 1. The predicted octanol–water partition coefficient (Wildman–Crippen LogP) is 2.07. The summed E-state index contributed by atoms with van der Waals surface area (Å²) in [6, 6.07) is 6.92. The minimum atomic E-state index is -0.273. The molecule has 2 fully saturated rings. The van der Waals surface area contributed by atoms with Crippen molar-refractivity contribution in [3.63, 3.8) is 0 Å². The monoisotopic (exact) mass is 278 g/mol. The van der Waals surface area contributed by atoms with Crippen LogP contribution in [0.5, 0.6) is 0 Å². The molecule has 0 spiro atoms. The molecule has 0 aromatic heterocycles. The smallest absolute Gasteiger partial charge is 0.249 e. The van der Waals surface area contributed by atoms with Crippen LogP contribution in [0.2, 0.25) is 5.02 Å². The van der Waals surface area contributed by atoms with Gasteiger partial charge in [-0.2, -0.15) is 0 Å². The molecule has 2 aliphatic rings. The Morgan fingerprint density at radius 2 is 1.84 bits per heavy atom. The van der Waals surface area contributed by atoms with Gasteiger partial charge >= 0.3 is 0 Å². The second kappa shape index (κ2) is 4.85. The number of amides is 2. The fourth-order valence-electron chi connectivity index (χ4n) is 2.84. The van der Waals surface area contributed by atoms with Gasteiger partial charge in [-0.25, -0.2) is 0 Å². The summed E-state index contributed by atoms with van der Waals surface area (Å²) >= 11 is 5.87. The maximum atomic E-state index is 12.6. The van der Waals surface area contributed by atoms with Gasteiger partial charge in [-0.3, -0.25) is 9.59 Å². The summed E-state index contributed by atoms with van der Waals surface area (Å²) in [5.41, 5.74) is 0.816. The molecule has 2 heterocycles. The first-order valence-electron chi connectivity index (χ1n) is 6.53. The van der Waals surface area contributed by atoms with Crippen molar-refractivity contribution in [2.24, 2.45) is 0 Å². The molecule has 0 N–H and O–H groups in total. The van der Waals surface area contributed by atoms with Crippen molar-refractivity contribution in [2.75, 3.05) is 18.0 Å². The molecule has 0 bridgehead atoms. The van der Waals surface area contributed by atoms with Crippen LogP contribution < -0.4 is 4.90 Å². The van der Waals surface area contributed by atoms with Crippen molar-refractivity contribution in [2.45, 2.75) is 25.3 Å². The van der Waals surface area contributed by atoms with E-state index in [9.17, 15) is 9.59 Å². The Bertz CT molecular complexity index is 515. The minimum Gasteiger partial charge on any atom is -0.331 e. The first kappa shape index (κ1) is 12.5. The first-order valence-corrected chi connectivity index (χ1v) is 6.91. The Hall–Kier alpha value is -1.55. The lowest BCUT2D eigenvalue weighted by atomic mass is 10.2. The average molecular weight is 279 g/mol. The molecule has 2 saturated heterocycles. The third kappa shape index (κ3) is 2.21. The van der Waals surface area contributed by atoms with Crippen LogP contribution in [-0.2, 0) is 9.59 Å². The van der Waals surface area contributed by atoms with E-state index >= 15 is 0 Å². The van der Waals surface area contributed by atoms with Crippen LogP contribution in [0.25, 0.3) is 0 Å². The Kier molecular flexibility index (Phi) is 3.19. The Balaban J connectivity index is 1.91. The van der Waals surface area contributed by atoms with Gasteiger partial charge < -0.3 is 9.80 Å². The van der Waals surface area contributed by atoms with Crippen LogP contribution in [0.1, 0.15) is 19.3 Å². The quantitative estimate of drug-likeness (QED) is 0.789. The van der Waals surface area contributed by atoms with Gasteiger partial charge in [0.05, 0.1) is 0 Å². The van der Waals surface area contributed by atoms with Crippen LogP contribution >= 0.6 is 11.6 Å². The summed E-state index contributed by atoms with van der Waals surface area (Å²) in [7, 11) is 0. The highest BCUT2D eigenvalue weighted by atomic mass is 35.5. The molecule has 1 aromatic carbocycles. The van der Waals surface area contributed by atoms with Crippen LogP contribution in [0.15, 0.2) is 24.3 Å². The highest BCUT2D eigenvalue weighted by Crippen LogP contribution is 2.27. The van der Waals surface area contributed by atoms with Crippen molar-refractivity contribution in [1.29, 1.82) is 0 Å². The normalized spacial score (nSPS) is 23.5. The van der Waals surface area contributed by atoms with E-state index < -0.39 is 0 Å². The fourth-order valence-corrected chi connectivity index (χ4v) is 2.97. The SMILES string of the molecule is O=C1C2CCCN2C(=O)CCN1c1ccc(Cl)cc1. The Labute approximate surface area is 116 Å². The molecule has 0 saturated carbocycles. The zero-order chi connectivity index (χ0) is 13.4. The molecule has 1 unspecified atom stereocenters. The Morgan fingerprint density at radius 1 is 1.11 bits per heavy atom. The summed E-state index contributed by atoms with van der Waals surface area (Å²) in [5, 5.41) is 0.643. The van der Waals surface area contributed by atoms with Crippen molar-refractivity contribution >= 4 is 29.1 Å². The number of nitrogens with zero attached hydrogens (tertiary/aromatic N) is 2. The highest BCUT2D eigenvalue weighted by Gasteiger charge is 2.39. The zero-order valence-corrected chi connectivity index (χ0v) is 11.3. The maximum absolute atomic E-state index is 12.6. The number of anilines is 1. The molecule has 3 rings (SSSR count). The fraction of sp³-hybridized carbons (Fsp3) is 0.429. The van der Waals surface area contributed by atoms with E-state index in [-0.39, 0.29) is 17.9 Å². The predicted molar refractivity (Wildman–Crippen MR) is 73.2 cm³/mol. The molecule has 19 heavy (non-hydrogen) atoms. The summed E-state index contributed by atoms with van der Waals surface area (Å²) in [6.07, 6.45) is 2.08. The van der Waals surface area contributed by atoms with E-state index in [1.54, 1.807) is 21.9 Å². The summed E-state index contributed by atoms with van der Waals surface area (Å²) in [6.45, 7) is 1.16. The molecule has 1 atom stereocenters. The standard InChI is InChI=1S/C14H15ClN2O2/c15-10-3-5-11(6-4-10)16-9-7-13(18)17-8-1-2-12(17)14(16)19/h3-6,12H,1-2,7-9H2. The second-order valence-electron chi connectivity index (χ2n) is 4.96. The average Bonchev–Trinajstić information content (AvgIpc) is 2.85. The second-order valence-corrected chi connectivity index (χ2v) is 5.40. The van der Waals surface area contributed by atoms with Gasteiger partial charge in [0.2, 0.25) is 11.8 Å². The number of hydrogen-bond acceptors (Lipinski definition) is 2. The molecule has 2 amide bonds. The molecule has 0 radical (unpaired) electrons. The van der Waals surface area contributed by atoms with E-state index in [0.717, 1.165) is 18.5 Å². The number of benzene rings is 1. The van der Waals surface area contributed by atoms with Gasteiger partial charge in [0.1, 0.15) is 6.04 Å². The number of carbonyl (C=O) groups is 2. The molecule has 4 nitrogen and oxygen atoms in total. The number of carbonyl (C=O) groups excluding carboxylic acids is 2. The first-order chi connectivity index (χ1) is 9.16. The summed E-state index contributed by atoms with van der Waals surface area (Å²) in [4.78, 5) is 28.0. The van der Waals surface area contributed by atoms with Crippen molar-refractivity contribution in [1.82, 2.24) is 4.90 Å². The van der Waals surface area contributed by atoms with Crippen molar-refractivity contribution < 1.29 is 9.59 Å². The molecule has 100 valence electrons. The lowest BCUT2D eigenvalue weighted by molar-refractivity contribution is -0.135. The molecular weight excluding hydrogens is 264 g/mol. The number of hydrogen-bond donors (Lipinski definition) is 0. The van der Waals surface area contributed by atoms with Gasteiger partial charge in [0.25, 0.3) is 0 Å². The van der Waals surface area contributed by atoms with Gasteiger partial charge in [0.15, 0.2) is 0 Å². The molecule has 0 aliphatic carbocycles. The van der Waals surface area contributed by atoms with E-state index in [1.165, 1.54) is 0 Å². The molecule has 2 aliphatic heterocycles. The Morgan fingerprint density at radius 3 is 2.58 bits per heavy atom. The van der Waals surface area contributed by atoms with Gasteiger partial charge in [-0.15, -0.1) is 0 Å². The molecule has 1 aromatic rings. The molecular formula is C14H15ClN2O2. The lowest BCUT2D eigenvalue weighted by Gasteiger charge is -2.25. The van der Waals surface area contributed by atoms with E-state index in [4.69, 9.17) is 11.6 Å². The summed E-state index contributed by atoms with van der Waals surface area (Å²) < 4.78 is 0.